The molecule has 1 fully saturated rings. The van der Waals surface area contributed by atoms with Crippen molar-refractivity contribution in [3.8, 4) is 0 Å². The first kappa shape index (κ1) is 18.5. The van der Waals surface area contributed by atoms with Crippen LogP contribution in [0.25, 0.3) is 0 Å². The highest BCUT2D eigenvalue weighted by Crippen LogP contribution is 2.23. The highest BCUT2D eigenvalue weighted by Gasteiger charge is 2.18. The SMILES string of the molecule is CN=C(NCc1cccc(Cn2ccnc2C)c1)NC1CCC(C)CC1. The van der Waals surface area contributed by atoms with Gasteiger partial charge in [-0.1, -0.05) is 31.2 Å². The lowest BCUT2D eigenvalue weighted by molar-refractivity contribution is 0.329. The molecule has 0 unspecified atom stereocenters. The van der Waals surface area contributed by atoms with Gasteiger partial charge in [-0.25, -0.2) is 4.98 Å². The van der Waals surface area contributed by atoms with Crippen molar-refractivity contribution in [3.05, 3.63) is 53.6 Å². The topological polar surface area (TPSA) is 54.2 Å². The Morgan fingerprint density at radius 1 is 1.23 bits per heavy atom. The van der Waals surface area contributed by atoms with Crippen LogP contribution in [-0.2, 0) is 13.1 Å². The highest BCUT2D eigenvalue weighted by atomic mass is 15.2. The molecule has 1 aromatic heterocycles. The second kappa shape index (κ2) is 8.88. The van der Waals surface area contributed by atoms with Crippen LogP contribution >= 0.6 is 0 Å². The Balaban J connectivity index is 1.53. The maximum Gasteiger partial charge on any atom is 0.191 e. The fraction of sp³-hybridized carbons (Fsp3) is 0.524. The third kappa shape index (κ3) is 5.10. The molecule has 1 aromatic carbocycles. The van der Waals surface area contributed by atoms with E-state index in [2.05, 4.69) is 56.4 Å². The molecule has 0 spiro atoms. The van der Waals surface area contributed by atoms with E-state index in [1.54, 1.807) is 0 Å². The predicted molar refractivity (Wildman–Crippen MR) is 107 cm³/mol. The van der Waals surface area contributed by atoms with Crippen LogP contribution in [0, 0.1) is 12.8 Å². The van der Waals surface area contributed by atoms with Crippen LogP contribution in [0.2, 0.25) is 0 Å². The normalized spacial score (nSPS) is 20.8. The molecular weight excluding hydrogens is 322 g/mol. The summed E-state index contributed by atoms with van der Waals surface area (Å²) in [7, 11) is 1.85. The van der Waals surface area contributed by atoms with Gasteiger partial charge < -0.3 is 15.2 Å². The zero-order valence-electron chi connectivity index (χ0n) is 16.2. The number of aliphatic imine (C=N–C) groups is 1. The van der Waals surface area contributed by atoms with Crippen molar-refractivity contribution in [1.82, 2.24) is 20.2 Å². The molecule has 0 amide bonds. The lowest BCUT2D eigenvalue weighted by Gasteiger charge is -2.28. The summed E-state index contributed by atoms with van der Waals surface area (Å²) in [5.74, 6) is 2.81. The Bertz CT molecular complexity index is 726. The standard InChI is InChI=1S/C21H31N5/c1-16-7-9-20(10-8-16)25-21(22-3)24-14-18-5-4-6-19(13-18)15-26-12-11-23-17(26)2/h4-6,11-13,16,20H,7-10,14-15H2,1-3H3,(H2,22,24,25). The van der Waals surface area contributed by atoms with E-state index in [-0.39, 0.29) is 0 Å². The summed E-state index contributed by atoms with van der Waals surface area (Å²) >= 11 is 0. The summed E-state index contributed by atoms with van der Waals surface area (Å²) in [5.41, 5.74) is 2.55. The van der Waals surface area contributed by atoms with E-state index in [4.69, 9.17) is 0 Å². The number of benzene rings is 1. The Morgan fingerprint density at radius 2 is 2.00 bits per heavy atom. The quantitative estimate of drug-likeness (QED) is 0.639. The molecule has 5 nitrogen and oxygen atoms in total. The summed E-state index contributed by atoms with van der Waals surface area (Å²) in [4.78, 5) is 8.69. The van der Waals surface area contributed by atoms with Crippen molar-refractivity contribution in [2.75, 3.05) is 7.05 Å². The van der Waals surface area contributed by atoms with Gasteiger partial charge >= 0.3 is 0 Å². The van der Waals surface area contributed by atoms with Crippen molar-refractivity contribution in [1.29, 1.82) is 0 Å². The van der Waals surface area contributed by atoms with Crippen LogP contribution in [0.5, 0.6) is 0 Å². The van der Waals surface area contributed by atoms with E-state index >= 15 is 0 Å². The molecule has 0 aliphatic heterocycles. The van der Waals surface area contributed by atoms with Gasteiger partial charge in [0.05, 0.1) is 0 Å². The molecule has 0 radical (unpaired) electrons. The molecule has 1 heterocycles. The second-order valence-corrected chi connectivity index (χ2v) is 7.45. The molecule has 0 atom stereocenters. The number of rotatable bonds is 5. The van der Waals surface area contributed by atoms with E-state index in [0.29, 0.717) is 6.04 Å². The molecule has 2 N–H and O–H groups in total. The lowest BCUT2D eigenvalue weighted by atomic mass is 9.87. The molecule has 0 bridgehead atoms. The molecule has 5 heteroatoms. The summed E-state index contributed by atoms with van der Waals surface area (Å²) in [6, 6.07) is 9.25. The molecule has 1 saturated carbocycles. The highest BCUT2D eigenvalue weighted by molar-refractivity contribution is 5.79. The maximum absolute atomic E-state index is 4.39. The summed E-state index contributed by atoms with van der Waals surface area (Å²) in [6.45, 7) is 6.01. The van der Waals surface area contributed by atoms with Gasteiger partial charge in [0.1, 0.15) is 5.82 Å². The van der Waals surface area contributed by atoms with Crippen molar-refractivity contribution in [2.45, 2.75) is 58.7 Å². The third-order valence-corrected chi connectivity index (χ3v) is 5.31. The van der Waals surface area contributed by atoms with Crippen LogP contribution in [0.4, 0.5) is 0 Å². The van der Waals surface area contributed by atoms with E-state index in [9.17, 15) is 0 Å². The van der Waals surface area contributed by atoms with Crippen LogP contribution in [0.1, 0.15) is 49.6 Å². The minimum Gasteiger partial charge on any atom is -0.354 e. The number of aromatic nitrogens is 2. The summed E-state index contributed by atoms with van der Waals surface area (Å²) in [5, 5.41) is 7.04. The smallest absolute Gasteiger partial charge is 0.191 e. The zero-order chi connectivity index (χ0) is 18.4. The summed E-state index contributed by atoms with van der Waals surface area (Å²) < 4.78 is 2.16. The maximum atomic E-state index is 4.39. The first-order valence-electron chi connectivity index (χ1n) is 9.67. The number of hydrogen-bond acceptors (Lipinski definition) is 2. The fourth-order valence-electron chi connectivity index (χ4n) is 3.58. The van der Waals surface area contributed by atoms with Gasteiger partial charge in [0.25, 0.3) is 0 Å². The largest absolute Gasteiger partial charge is 0.354 e. The number of hydrogen-bond donors (Lipinski definition) is 2. The van der Waals surface area contributed by atoms with Gasteiger partial charge in [-0.2, -0.15) is 0 Å². The van der Waals surface area contributed by atoms with Gasteiger partial charge in [0.15, 0.2) is 5.96 Å². The monoisotopic (exact) mass is 353 g/mol. The lowest BCUT2D eigenvalue weighted by Crippen LogP contribution is -2.44. The Labute approximate surface area is 156 Å². The predicted octanol–water partition coefficient (Wildman–Crippen LogP) is 3.48. The average molecular weight is 354 g/mol. The molecule has 3 rings (SSSR count). The number of aryl methyl sites for hydroxylation is 1. The van der Waals surface area contributed by atoms with Crippen LogP contribution < -0.4 is 10.6 Å². The van der Waals surface area contributed by atoms with Crippen molar-refractivity contribution >= 4 is 5.96 Å². The molecule has 140 valence electrons. The van der Waals surface area contributed by atoms with Crippen LogP contribution in [0.15, 0.2) is 41.7 Å². The number of guanidine groups is 1. The van der Waals surface area contributed by atoms with E-state index in [0.717, 1.165) is 30.8 Å². The van der Waals surface area contributed by atoms with Gasteiger partial charge in [-0.3, -0.25) is 4.99 Å². The number of nitrogens with one attached hydrogen (secondary N) is 2. The van der Waals surface area contributed by atoms with E-state index in [1.807, 2.05) is 26.4 Å². The average Bonchev–Trinajstić information content (AvgIpc) is 3.05. The third-order valence-electron chi connectivity index (χ3n) is 5.31. The molecule has 26 heavy (non-hydrogen) atoms. The van der Waals surface area contributed by atoms with Crippen molar-refractivity contribution in [2.24, 2.45) is 10.9 Å². The zero-order valence-corrected chi connectivity index (χ0v) is 16.2. The molecular formula is C21H31N5. The van der Waals surface area contributed by atoms with E-state index < -0.39 is 0 Å². The van der Waals surface area contributed by atoms with Gasteiger partial charge in [-0.05, 0) is 49.7 Å². The van der Waals surface area contributed by atoms with Gasteiger partial charge in [0, 0.05) is 38.6 Å². The fourth-order valence-corrected chi connectivity index (χ4v) is 3.58. The van der Waals surface area contributed by atoms with Gasteiger partial charge in [-0.15, -0.1) is 0 Å². The first-order valence-corrected chi connectivity index (χ1v) is 9.67. The Morgan fingerprint density at radius 3 is 2.69 bits per heavy atom. The Hall–Kier alpha value is -2.30. The second-order valence-electron chi connectivity index (χ2n) is 7.45. The van der Waals surface area contributed by atoms with E-state index in [1.165, 1.54) is 36.8 Å². The number of imidazole rings is 1. The first-order chi connectivity index (χ1) is 12.6. The molecule has 0 saturated heterocycles. The van der Waals surface area contributed by atoms with Crippen molar-refractivity contribution in [3.63, 3.8) is 0 Å². The van der Waals surface area contributed by atoms with Crippen LogP contribution in [0.3, 0.4) is 0 Å². The number of nitrogens with zero attached hydrogens (tertiary/aromatic N) is 3. The van der Waals surface area contributed by atoms with Gasteiger partial charge in [0.2, 0.25) is 0 Å². The molecule has 1 aliphatic carbocycles. The van der Waals surface area contributed by atoms with Crippen LogP contribution in [-0.4, -0.2) is 28.6 Å². The Kier molecular flexibility index (Phi) is 6.31. The molecule has 1 aliphatic rings. The van der Waals surface area contributed by atoms with Crippen molar-refractivity contribution < 1.29 is 0 Å². The summed E-state index contributed by atoms with van der Waals surface area (Å²) in [6.07, 6.45) is 8.97. The minimum atomic E-state index is 0.549. The molecule has 2 aromatic rings. The minimum absolute atomic E-state index is 0.549.